The standard InChI is InChI=1S/C19H18FN5O2/c1-24-8-7-16(23-24)17-15(13-6-9-25(11-13)19(26)27)10-21-18(22-17)12-2-4-14(20)5-3-12/h2-5,7-8,10,13H,6,9,11H2,1H3,(H,26,27). The fourth-order valence-corrected chi connectivity index (χ4v) is 3.36. The largest absolute Gasteiger partial charge is 0.465 e. The summed E-state index contributed by atoms with van der Waals surface area (Å²) in [5.74, 6) is 0.174. The van der Waals surface area contributed by atoms with E-state index in [0.717, 1.165) is 5.56 Å². The van der Waals surface area contributed by atoms with Gasteiger partial charge < -0.3 is 10.0 Å². The van der Waals surface area contributed by atoms with Crippen molar-refractivity contribution < 1.29 is 14.3 Å². The highest BCUT2D eigenvalue weighted by Crippen LogP contribution is 2.34. The molecule has 2 aromatic heterocycles. The number of benzene rings is 1. The van der Waals surface area contributed by atoms with Crippen molar-refractivity contribution in [2.75, 3.05) is 13.1 Å². The summed E-state index contributed by atoms with van der Waals surface area (Å²) in [4.78, 5) is 21.8. The minimum Gasteiger partial charge on any atom is -0.465 e. The fraction of sp³-hybridized carbons (Fsp3) is 0.263. The number of amides is 1. The molecular formula is C19H18FN5O2. The number of carbonyl (C=O) groups is 1. The summed E-state index contributed by atoms with van der Waals surface area (Å²) in [7, 11) is 1.83. The summed E-state index contributed by atoms with van der Waals surface area (Å²) in [5.41, 5.74) is 2.97. The molecule has 27 heavy (non-hydrogen) atoms. The minimum absolute atomic E-state index is 0.0142. The zero-order valence-corrected chi connectivity index (χ0v) is 14.7. The van der Waals surface area contributed by atoms with Crippen LogP contribution in [0.3, 0.4) is 0 Å². The lowest BCUT2D eigenvalue weighted by atomic mass is 9.96. The van der Waals surface area contributed by atoms with Crippen molar-refractivity contribution in [2.45, 2.75) is 12.3 Å². The lowest BCUT2D eigenvalue weighted by molar-refractivity contribution is 0.155. The van der Waals surface area contributed by atoms with Gasteiger partial charge in [-0.05, 0) is 36.8 Å². The summed E-state index contributed by atoms with van der Waals surface area (Å²) < 4.78 is 14.9. The van der Waals surface area contributed by atoms with E-state index in [4.69, 9.17) is 4.98 Å². The van der Waals surface area contributed by atoms with Gasteiger partial charge in [-0.1, -0.05) is 0 Å². The highest BCUT2D eigenvalue weighted by atomic mass is 19.1. The summed E-state index contributed by atoms with van der Waals surface area (Å²) >= 11 is 0. The maximum Gasteiger partial charge on any atom is 0.407 e. The molecule has 1 aromatic carbocycles. The first-order chi connectivity index (χ1) is 13.0. The second kappa shape index (κ2) is 6.79. The number of rotatable bonds is 3. The van der Waals surface area contributed by atoms with Crippen LogP contribution in [0.15, 0.2) is 42.7 Å². The summed E-state index contributed by atoms with van der Waals surface area (Å²) in [6, 6.07) is 7.87. The number of halogens is 1. The molecule has 7 nitrogen and oxygen atoms in total. The third kappa shape index (κ3) is 3.38. The SMILES string of the molecule is Cn1ccc(-c2nc(-c3ccc(F)cc3)ncc2C2CCN(C(=O)O)C2)n1. The molecule has 8 heteroatoms. The lowest BCUT2D eigenvalue weighted by Crippen LogP contribution is -2.26. The van der Waals surface area contributed by atoms with Gasteiger partial charge in [-0.25, -0.2) is 19.2 Å². The van der Waals surface area contributed by atoms with E-state index >= 15 is 0 Å². The third-order valence-corrected chi connectivity index (χ3v) is 4.77. The smallest absolute Gasteiger partial charge is 0.407 e. The van der Waals surface area contributed by atoms with Crippen LogP contribution < -0.4 is 0 Å². The first-order valence-corrected chi connectivity index (χ1v) is 8.62. The quantitative estimate of drug-likeness (QED) is 0.769. The van der Waals surface area contributed by atoms with Crippen molar-refractivity contribution in [1.29, 1.82) is 0 Å². The van der Waals surface area contributed by atoms with Gasteiger partial charge in [0.15, 0.2) is 5.82 Å². The number of likely N-dealkylation sites (tertiary alicyclic amines) is 1. The number of hydrogen-bond donors (Lipinski definition) is 1. The van der Waals surface area contributed by atoms with Crippen LogP contribution in [0.4, 0.5) is 9.18 Å². The molecular weight excluding hydrogens is 349 g/mol. The van der Waals surface area contributed by atoms with Crippen molar-refractivity contribution in [3.05, 3.63) is 54.1 Å². The van der Waals surface area contributed by atoms with Crippen LogP contribution in [0.5, 0.6) is 0 Å². The molecule has 1 unspecified atom stereocenters. The first-order valence-electron chi connectivity index (χ1n) is 8.62. The van der Waals surface area contributed by atoms with Crippen molar-refractivity contribution in [1.82, 2.24) is 24.6 Å². The van der Waals surface area contributed by atoms with Crippen LogP contribution in [-0.4, -0.2) is 48.9 Å². The molecule has 0 aliphatic carbocycles. The second-order valence-electron chi connectivity index (χ2n) is 6.59. The van der Waals surface area contributed by atoms with E-state index < -0.39 is 6.09 Å². The summed E-state index contributed by atoms with van der Waals surface area (Å²) in [6.07, 6.45) is 3.37. The summed E-state index contributed by atoms with van der Waals surface area (Å²) in [5, 5.41) is 13.7. The van der Waals surface area contributed by atoms with E-state index in [1.54, 1.807) is 23.0 Å². The van der Waals surface area contributed by atoms with Crippen molar-refractivity contribution in [3.63, 3.8) is 0 Å². The molecule has 138 valence electrons. The Hall–Kier alpha value is -3.29. The van der Waals surface area contributed by atoms with Gasteiger partial charge in [-0.2, -0.15) is 5.10 Å². The molecule has 4 rings (SSSR count). The number of hydrogen-bond acceptors (Lipinski definition) is 4. The van der Waals surface area contributed by atoms with Gasteiger partial charge in [0.25, 0.3) is 0 Å². The fourth-order valence-electron chi connectivity index (χ4n) is 3.36. The van der Waals surface area contributed by atoms with Crippen LogP contribution in [0.2, 0.25) is 0 Å². The molecule has 1 aliphatic heterocycles. The van der Waals surface area contributed by atoms with Gasteiger partial charge in [0.1, 0.15) is 11.5 Å². The Morgan fingerprint density at radius 3 is 2.67 bits per heavy atom. The molecule has 3 heterocycles. The molecule has 1 amide bonds. The van der Waals surface area contributed by atoms with Crippen LogP contribution in [0.1, 0.15) is 17.9 Å². The molecule has 1 atom stereocenters. The number of carboxylic acid groups (broad SMARTS) is 1. The lowest BCUT2D eigenvalue weighted by Gasteiger charge is -2.15. The van der Waals surface area contributed by atoms with E-state index in [1.807, 2.05) is 19.3 Å². The Kier molecular flexibility index (Phi) is 4.31. The van der Waals surface area contributed by atoms with Gasteiger partial charge in [0, 0.05) is 49.6 Å². The van der Waals surface area contributed by atoms with E-state index in [9.17, 15) is 14.3 Å². The topological polar surface area (TPSA) is 84.1 Å². The van der Waals surface area contributed by atoms with Gasteiger partial charge in [-0.15, -0.1) is 0 Å². The molecule has 1 N–H and O–H groups in total. The van der Waals surface area contributed by atoms with Gasteiger partial charge >= 0.3 is 6.09 Å². The Balaban J connectivity index is 1.77. The Morgan fingerprint density at radius 2 is 2.04 bits per heavy atom. The molecule has 0 spiro atoms. The number of aromatic nitrogens is 4. The van der Waals surface area contributed by atoms with Crippen LogP contribution >= 0.6 is 0 Å². The van der Waals surface area contributed by atoms with Crippen molar-refractivity contribution >= 4 is 6.09 Å². The average molecular weight is 367 g/mol. The Morgan fingerprint density at radius 1 is 1.26 bits per heavy atom. The maximum atomic E-state index is 13.2. The average Bonchev–Trinajstić information content (AvgIpc) is 3.31. The highest BCUT2D eigenvalue weighted by Gasteiger charge is 2.30. The predicted molar refractivity (Wildman–Crippen MR) is 96.6 cm³/mol. The molecule has 1 aliphatic rings. The monoisotopic (exact) mass is 367 g/mol. The van der Waals surface area contributed by atoms with Gasteiger partial charge in [0.2, 0.25) is 0 Å². The number of nitrogens with zero attached hydrogens (tertiary/aromatic N) is 5. The molecule has 1 saturated heterocycles. The Bertz CT molecular complexity index is 986. The number of aryl methyl sites for hydroxylation is 1. The van der Waals surface area contributed by atoms with E-state index in [2.05, 4.69) is 10.1 Å². The van der Waals surface area contributed by atoms with Gasteiger partial charge in [0.05, 0.1) is 5.69 Å². The Labute approximate surface area is 155 Å². The maximum absolute atomic E-state index is 13.2. The second-order valence-corrected chi connectivity index (χ2v) is 6.59. The van der Waals surface area contributed by atoms with Gasteiger partial charge in [-0.3, -0.25) is 4.68 Å². The molecule has 0 bridgehead atoms. The van der Waals surface area contributed by atoms with E-state index in [-0.39, 0.29) is 11.7 Å². The summed E-state index contributed by atoms with van der Waals surface area (Å²) in [6.45, 7) is 0.899. The third-order valence-electron chi connectivity index (χ3n) is 4.77. The molecule has 0 saturated carbocycles. The predicted octanol–water partition coefficient (Wildman–Crippen LogP) is 3.15. The van der Waals surface area contributed by atoms with Crippen LogP contribution in [-0.2, 0) is 7.05 Å². The van der Waals surface area contributed by atoms with Crippen LogP contribution in [0.25, 0.3) is 22.8 Å². The highest BCUT2D eigenvalue weighted by molar-refractivity contribution is 5.67. The normalized spacial score (nSPS) is 16.7. The van der Waals surface area contributed by atoms with E-state index in [1.165, 1.54) is 17.0 Å². The molecule has 0 radical (unpaired) electrons. The minimum atomic E-state index is -0.916. The zero-order chi connectivity index (χ0) is 19.0. The first kappa shape index (κ1) is 17.1. The molecule has 1 fully saturated rings. The van der Waals surface area contributed by atoms with Crippen LogP contribution in [0, 0.1) is 5.82 Å². The zero-order valence-electron chi connectivity index (χ0n) is 14.7. The molecule has 3 aromatic rings. The van der Waals surface area contributed by atoms with Crippen molar-refractivity contribution in [2.24, 2.45) is 7.05 Å². The van der Waals surface area contributed by atoms with E-state index in [0.29, 0.717) is 42.3 Å². The van der Waals surface area contributed by atoms with Crippen molar-refractivity contribution in [3.8, 4) is 22.8 Å².